The summed E-state index contributed by atoms with van der Waals surface area (Å²) in [6, 6.07) is 17.0. The van der Waals surface area contributed by atoms with E-state index >= 15 is 0 Å². The van der Waals surface area contributed by atoms with E-state index in [2.05, 4.69) is 21.2 Å². The number of hydrogen-bond donors (Lipinski definition) is 1. The van der Waals surface area contributed by atoms with Gasteiger partial charge >= 0.3 is 12.1 Å². The molecule has 3 rings (SSSR count). The van der Waals surface area contributed by atoms with Crippen LogP contribution in [0, 0.1) is 0 Å². The summed E-state index contributed by atoms with van der Waals surface area (Å²) in [5.41, 5.74) is -0.244. The Hall–Kier alpha value is -2.38. The number of alkyl carbamates (subject to hydrolysis) is 1. The second-order valence-electron chi connectivity index (χ2n) is 8.33. The van der Waals surface area contributed by atoms with E-state index in [4.69, 9.17) is 14.2 Å². The molecule has 1 amide bonds. The quantitative estimate of drug-likeness (QED) is 0.621. The molecule has 1 aliphatic rings. The molecular weight excluding hydrogens is 450 g/mol. The Bertz CT molecular complexity index is 879. The highest BCUT2D eigenvalue weighted by Crippen LogP contribution is 2.37. The lowest BCUT2D eigenvalue weighted by molar-refractivity contribution is -0.163. The highest BCUT2D eigenvalue weighted by Gasteiger charge is 2.50. The van der Waals surface area contributed by atoms with Gasteiger partial charge in [0.25, 0.3) is 0 Å². The lowest BCUT2D eigenvalue weighted by Gasteiger charge is -2.30. The third-order valence-electron chi connectivity index (χ3n) is 4.65. The zero-order valence-corrected chi connectivity index (χ0v) is 18.9. The van der Waals surface area contributed by atoms with Crippen molar-refractivity contribution in [2.75, 3.05) is 6.61 Å². The topological polar surface area (TPSA) is 73.9 Å². The Balaban J connectivity index is 1.74. The minimum Gasteiger partial charge on any atom is -0.458 e. The molecule has 0 unspecified atom stereocenters. The lowest BCUT2D eigenvalue weighted by atomic mass is 9.93. The van der Waals surface area contributed by atoms with Crippen molar-refractivity contribution in [1.29, 1.82) is 0 Å². The molecule has 0 spiro atoms. The maximum absolute atomic E-state index is 13.0. The number of halogens is 1. The number of carbonyl (C=O) groups is 2. The van der Waals surface area contributed by atoms with Crippen LogP contribution in [0.5, 0.6) is 0 Å². The van der Waals surface area contributed by atoms with E-state index in [0.717, 1.165) is 15.6 Å². The Labute approximate surface area is 185 Å². The Morgan fingerprint density at radius 2 is 1.80 bits per heavy atom. The highest BCUT2D eigenvalue weighted by atomic mass is 79.9. The van der Waals surface area contributed by atoms with Crippen LogP contribution in [-0.2, 0) is 25.6 Å². The Morgan fingerprint density at radius 3 is 2.43 bits per heavy atom. The third kappa shape index (κ3) is 5.83. The zero-order chi connectivity index (χ0) is 21.8. The number of ether oxygens (including phenoxy) is 3. The summed E-state index contributed by atoms with van der Waals surface area (Å²) in [4.78, 5) is 25.6. The van der Waals surface area contributed by atoms with E-state index in [1.807, 2.05) is 54.6 Å². The maximum Gasteiger partial charge on any atom is 0.408 e. The van der Waals surface area contributed by atoms with Crippen molar-refractivity contribution >= 4 is 28.0 Å². The first-order chi connectivity index (χ1) is 14.2. The molecule has 0 aliphatic carbocycles. The molecule has 1 heterocycles. The predicted octanol–water partition coefficient (Wildman–Crippen LogP) is 4.92. The molecule has 1 aliphatic heterocycles. The van der Waals surface area contributed by atoms with Gasteiger partial charge < -0.3 is 19.5 Å². The second kappa shape index (κ2) is 9.18. The van der Waals surface area contributed by atoms with Crippen molar-refractivity contribution in [1.82, 2.24) is 5.32 Å². The summed E-state index contributed by atoms with van der Waals surface area (Å²) >= 11 is 3.41. The van der Waals surface area contributed by atoms with Gasteiger partial charge in [-0.1, -0.05) is 58.4 Å². The summed E-state index contributed by atoms with van der Waals surface area (Å²) in [5.74, 6) is -0.536. The van der Waals surface area contributed by atoms with Gasteiger partial charge in [-0.05, 0) is 44.0 Å². The molecule has 7 heteroatoms. The minimum atomic E-state index is -1.32. The van der Waals surface area contributed by atoms with Crippen molar-refractivity contribution in [3.8, 4) is 0 Å². The SMILES string of the molecule is CC(C)(C)OC(=O)[C@@]1(NC(=O)OCc2ccccc2)CO[C@@H](c2ccc(Br)cc2)C1. The fourth-order valence-electron chi connectivity index (χ4n) is 3.18. The first-order valence-electron chi connectivity index (χ1n) is 9.76. The molecule has 0 radical (unpaired) electrons. The van der Waals surface area contributed by atoms with E-state index in [0.29, 0.717) is 0 Å². The number of hydrogen-bond acceptors (Lipinski definition) is 5. The molecule has 0 aromatic heterocycles. The molecule has 6 nitrogen and oxygen atoms in total. The van der Waals surface area contributed by atoms with Gasteiger partial charge in [-0.2, -0.15) is 0 Å². The van der Waals surface area contributed by atoms with E-state index in [1.54, 1.807) is 20.8 Å². The molecule has 2 aromatic rings. The van der Waals surface area contributed by atoms with Crippen LogP contribution in [0.1, 0.15) is 44.4 Å². The normalized spacial score (nSPS) is 21.1. The summed E-state index contributed by atoms with van der Waals surface area (Å²) in [7, 11) is 0. The van der Waals surface area contributed by atoms with E-state index in [1.165, 1.54) is 0 Å². The monoisotopic (exact) mass is 475 g/mol. The molecule has 2 atom stereocenters. The van der Waals surface area contributed by atoms with Crippen molar-refractivity contribution < 1.29 is 23.8 Å². The van der Waals surface area contributed by atoms with E-state index in [9.17, 15) is 9.59 Å². The van der Waals surface area contributed by atoms with E-state index in [-0.39, 0.29) is 25.7 Å². The largest absolute Gasteiger partial charge is 0.458 e. The highest BCUT2D eigenvalue weighted by molar-refractivity contribution is 9.10. The van der Waals surface area contributed by atoms with Gasteiger partial charge in [-0.3, -0.25) is 0 Å². The number of carbonyl (C=O) groups excluding carboxylic acids is 2. The molecule has 0 bridgehead atoms. The minimum absolute atomic E-state index is 0.00306. The molecule has 0 saturated carbocycles. The standard InChI is InChI=1S/C23H26BrNO5/c1-22(2,3)30-20(26)23(25-21(27)28-14-16-7-5-4-6-8-16)13-19(29-15-23)17-9-11-18(24)12-10-17/h4-12,19H,13-15H2,1-3H3,(H,25,27)/t19-,23+/m1/s1. The van der Waals surface area contributed by atoms with Crippen LogP contribution in [-0.4, -0.2) is 29.8 Å². The number of nitrogens with one attached hydrogen (secondary N) is 1. The van der Waals surface area contributed by atoms with Crippen LogP contribution in [0.25, 0.3) is 0 Å². The van der Waals surface area contributed by atoms with Gasteiger partial charge in [-0.15, -0.1) is 0 Å². The molecule has 2 aromatic carbocycles. The summed E-state index contributed by atoms with van der Waals surface area (Å²) in [5, 5.41) is 2.73. The van der Waals surface area contributed by atoms with Gasteiger partial charge in [-0.25, -0.2) is 9.59 Å². The van der Waals surface area contributed by atoms with Crippen LogP contribution in [0.3, 0.4) is 0 Å². The fourth-order valence-corrected chi connectivity index (χ4v) is 3.44. The van der Waals surface area contributed by atoms with Crippen LogP contribution in [0.15, 0.2) is 59.1 Å². The zero-order valence-electron chi connectivity index (χ0n) is 17.3. The first-order valence-corrected chi connectivity index (χ1v) is 10.6. The number of rotatable bonds is 5. The van der Waals surface area contributed by atoms with Crippen LogP contribution in [0.4, 0.5) is 4.79 Å². The number of benzene rings is 2. The Kier molecular flexibility index (Phi) is 6.83. The first kappa shape index (κ1) is 22.3. The average molecular weight is 476 g/mol. The molecule has 1 fully saturated rings. The van der Waals surface area contributed by atoms with Gasteiger partial charge in [0.1, 0.15) is 12.2 Å². The molecule has 1 N–H and O–H groups in total. The van der Waals surface area contributed by atoms with Crippen molar-refractivity contribution in [2.45, 2.75) is 51.0 Å². The third-order valence-corrected chi connectivity index (χ3v) is 5.18. The van der Waals surface area contributed by atoms with Gasteiger partial charge in [0, 0.05) is 10.9 Å². The van der Waals surface area contributed by atoms with E-state index < -0.39 is 23.2 Å². The van der Waals surface area contributed by atoms with Gasteiger partial charge in [0.2, 0.25) is 0 Å². The predicted molar refractivity (Wildman–Crippen MR) is 116 cm³/mol. The van der Waals surface area contributed by atoms with Crippen LogP contribution in [0.2, 0.25) is 0 Å². The lowest BCUT2D eigenvalue weighted by Crippen LogP contribution is -2.57. The number of amides is 1. The van der Waals surface area contributed by atoms with Crippen molar-refractivity contribution in [2.24, 2.45) is 0 Å². The molecule has 1 saturated heterocycles. The molecule has 160 valence electrons. The smallest absolute Gasteiger partial charge is 0.408 e. The van der Waals surface area contributed by atoms with Crippen LogP contribution >= 0.6 is 15.9 Å². The summed E-state index contributed by atoms with van der Waals surface area (Å²) < 4.78 is 17.8. The molecular formula is C23H26BrNO5. The Morgan fingerprint density at radius 1 is 1.13 bits per heavy atom. The summed E-state index contributed by atoms with van der Waals surface area (Å²) in [6.45, 7) is 5.47. The summed E-state index contributed by atoms with van der Waals surface area (Å²) in [6.07, 6.45) is -0.783. The van der Waals surface area contributed by atoms with Crippen molar-refractivity contribution in [3.63, 3.8) is 0 Å². The fraction of sp³-hybridized carbons (Fsp3) is 0.391. The van der Waals surface area contributed by atoms with Gasteiger partial charge in [0.05, 0.1) is 12.7 Å². The second-order valence-corrected chi connectivity index (χ2v) is 9.24. The van der Waals surface area contributed by atoms with Gasteiger partial charge in [0.15, 0.2) is 5.54 Å². The van der Waals surface area contributed by atoms with Crippen LogP contribution < -0.4 is 5.32 Å². The maximum atomic E-state index is 13.0. The average Bonchev–Trinajstić information content (AvgIpc) is 3.12. The molecule has 30 heavy (non-hydrogen) atoms. The number of esters is 1. The van der Waals surface area contributed by atoms with Crippen molar-refractivity contribution in [3.05, 3.63) is 70.2 Å².